The van der Waals surface area contributed by atoms with Crippen LogP contribution in [0.1, 0.15) is 13.3 Å². The van der Waals surface area contributed by atoms with Crippen LogP contribution in [0.2, 0.25) is 10.0 Å². The van der Waals surface area contributed by atoms with Crippen LogP contribution < -0.4 is 14.8 Å². The summed E-state index contributed by atoms with van der Waals surface area (Å²) in [6.45, 7) is 1.99. The molecule has 0 bridgehead atoms. The lowest BCUT2D eigenvalue weighted by Gasteiger charge is -2.10. The van der Waals surface area contributed by atoms with E-state index in [1.807, 2.05) is 6.92 Å². The molecule has 2 aromatic carbocycles. The highest BCUT2D eigenvalue weighted by molar-refractivity contribution is 7.89. The van der Waals surface area contributed by atoms with Gasteiger partial charge in [0.05, 0.1) is 15.6 Å². The first kappa shape index (κ1) is 20.5. The summed E-state index contributed by atoms with van der Waals surface area (Å²) < 4.78 is 31.8. The lowest BCUT2D eigenvalue weighted by atomic mass is 10.3. The van der Waals surface area contributed by atoms with E-state index < -0.39 is 15.9 Å². The number of hydrogen-bond acceptors (Lipinski definition) is 4. The first-order valence-corrected chi connectivity index (χ1v) is 10.0. The van der Waals surface area contributed by atoms with Gasteiger partial charge in [-0.2, -0.15) is 0 Å². The van der Waals surface area contributed by atoms with Crippen LogP contribution in [0.15, 0.2) is 47.4 Å². The summed E-state index contributed by atoms with van der Waals surface area (Å²) in [5.41, 5.74) is 0.424. The third-order valence-corrected chi connectivity index (χ3v) is 5.28. The van der Waals surface area contributed by atoms with E-state index in [1.54, 1.807) is 12.1 Å². The Hall–Kier alpha value is -1.80. The van der Waals surface area contributed by atoms with Gasteiger partial charge in [-0.1, -0.05) is 30.1 Å². The molecule has 0 saturated heterocycles. The minimum absolute atomic E-state index is 0.135. The van der Waals surface area contributed by atoms with Crippen LogP contribution >= 0.6 is 23.2 Å². The average Bonchev–Trinajstić information content (AvgIpc) is 2.61. The molecule has 9 heteroatoms. The quantitative estimate of drug-likeness (QED) is 0.686. The van der Waals surface area contributed by atoms with Crippen LogP contribution in [0.3, 0.4) is 0 Å². The van der Waals surface area contributed by atoms with Gasteiger partial charge in [0.25, 0.3) is 5.91 Å². The minimum Gasteiger partial charge on any atom is -0.484 e. The van der Waals surface area contributed by atoms with Crippen molar-refractivity contribution in [2.45, 2.75) is 18.2 Å². The third kappa shape index (κ3) is 5.88. The molecule has 2 rings (SSSR count). The van der Waals surface area contributed by atoms with Crippen molar-refractivity contribution in [3.05, 3.63) is 52.5 Å². The van der Waals surface area contributed by atoms with Crippen LogP contribution in [-0.4, -0.2) is 27.5 Å². The fraction of sp³-hybridized carbons (Fsp3) is 0.235. The largest absolute Gasteiger partial charge is 0.484 e. The molecular formula is C17H18Cl2N2O4S. The van der Waals surface area contributed by atoms with Gasteiger partial charge in [0.15, 0.2) is 6.61 Å². The van der Waals surface area contributed by atoms with Gasteiger partial charge in [0.1, 0.15) is 5.75 Å². The maximum atomic E-state index is 12.0. The Bertz CT molecular complexity index is 871. The standard InChI is InChI=1S/C17H18Cl2N2O4S/c1-2-9-20-26(23,24)14-6-4-13(5-7-14)25-11-17(22)21-16-8-3-12(18)10-15(16)19/h3-8,10,20H,2,9,11H2,1H3,(H,21,22). The second-order valence-electron chi connectivity index (χ2n) is 5.33. The summed E-state index contributed by atoms with van der Waals surface area (Å²) in [6.07, 6.45) is 0.702. The van der Waals surface area contributed by atoms with Crippen LogP contribution in [0.4, 0.5) is 5.69 Å². The molecule has 1 amide bonds. The topological polar surface area (TPSA) is 84.5 Å². The summed E-state index contributed by atoms with van der Waals surface area (Å²) in [5, 5.41) is 3.39. The molecule has 26 heavy (non-hydrogen) atoms. The van der Waals surface area contributed by atoms with Crippen molar-refractivity contribution in [3.63, 3.8) is 0 Å². The predicted octanol–water partition coefficient (Wildman–Crippen LogP) is 3.70. The van der Waals surface area contributed by atoms with Gasteiger partial charge in [-0.15, -0.1) is 0 Å². The molecule has 140 valence electrons. The summed E-state index contributed by atoms with van der Waals surface area (Å²) in [5.74, 6) is -0.0349. The molecule has 0 saturated carbocycles. The second-order valence-corrected chi connectivity index (χ2v) is 7.94. The van der Waals surface area contributed by atoms with Crippen LogP contribution in [0, 0.1) is 0 Å². The number of anilines is 1. The van der Waals surface area contributed by atoms with Gasteiger partial charge in [-0.05, 0) is 48.9 Å². The number of ether oxygens (including phenoxy) is 1. The first-order valence-electron chi connectivity index (χ1n) is 7.79. The highest BCUT2D eigenvalue weighted by Crippen LogP contribution is 2.25. The SMILES string of the molecule is CCCNS(=O)(=O)c1ccc(OCC(=O)Nc2ccc(Cl)cc2Cl)cc1. The van der Waals surface area contributed by atoms with Gasteiger partial charge in [0.2, 0.25) is 10.0 Å². The smallest absolute Gasteiger partial charge is 0.262 e. The van der Waals surface area contributed by atoms with Crippen LogP contribution in [0.25, 0.3) is 0 Å². The number of hydrogen-bond donors (Lipinski definition) is 2. The van der Waals surface area contributed by atoms with E-state index >= 15 is 0 Å². The minimum atomic E-state index is -3.53. The van der Waals surface area contributed by atoms with Crippen molar-refractivity contribution < 1.29 is 17.9 Å². The molecule has 2 aromatic rings. The fourth-order valence-corrected chi connectivity index (χ4v) is 3.55. The van der Waals surface area contributed by atoms with Crippen molar-refractivity contribution >= 4 is 44.8 Å². The molecule has 0 aliphatic heterocycles. The Morgan fingerprint density at radius 3 is 2.42 bits per heavy atom. The molecule has 0 heterocycles. The number of nitrogens with one attached hydrogen (secondary N) is 2. The Kier molecular flexibility index (Phi) is 7.28. The Morgan fingerprint density at radius 2 is 1.81 bits per heavy atom. The molecule has 0 unspecified atom stereocenters. The molecule has 0 aromatic heterocycles. The van der Waals surface area contributed by atoms with Gasteiger partial charge in [-0.25, -0.2) is 13.1 Å². The van der Waals surface area contributed by atoms with Crippen LogP contribution in [0.5, 0.6) is 5.75 Å². The second kappa shape index (κ2) is 9.23. The maximum absolute atomic E-state index is 12.0. The van der Waals surface area contributed by atoms with E-state index in [4.69, 9.17) is 27.9 Å². The molecule has 0 atom stereocenters. The van der Waals surface area contributed by atoms with Crippen molar-refractivity contribution in [2.24, 2.45) is 0 Å². The predicted molar refractivity (Wildman–Crippen MR) is 103 cm³/mol. The zero-order valence-corrected chi connectivity index (χ0v) is 16.3. The number of carbonyl (C=O) groups is 1. The van der Waals surface area contributed by atoms with E-state index in [9.17, 15) is 13.2 Å². The van der Waals surface area contributed by atoms with Crippen LogP contribution in [-0.2, 0) is 14.8 Å². The van der Waals surface area contributed by atoms with Gasteiger partial charge in [0, 0.05) is 11.6 Å². The van der Waals surface area contributed by atoms with Gasteiger partial charge >= 0.3 is 0 Å². The number of sulfonamides is 1. The summed E-state index contributed by atoms with van der Waals surface area (Å²) in [7, 11) is -3.53. The summed E-state index contributed by atoms with van der Waals surface area (Å²) in [6, 6.07) is 10.5. The normalized spacial score (nSPS) is 11.2. The molecule has 0 spiro atoms. The van der Waals surface area contributed by atoms with Crippen molar-refractivity contribution in [2.75, 3.05) is 18.5 Å². The highest BCUT2D eigenvalue weighted by Gasteiger charge is 2.13. The Labute approximate surface area is 162 Å². The van der Waals surface area contributed by atoms with E-state index in [0.717, 1.165) is 0 Å². The zero-order valence-electron chi connectivity index (χ0n) is 14.0. The van der Waals surface area contributed by atoms with E-state index in [-0.39, 0.29) is 11.5 Å². The first-order chi connectivity index (χ1) is 12.3. The molecule has 0 aliphatic rings. The Morgan fingerprint density at radius 1 is 1.12 bits per heavy atom. The summed E-state index contributed by atoms with van der Waals surface area (Å²) in [4.78, 5) is 12.1. The van der Waals surface area contributed by atoms with Crippen molar-refractivity contribution in [3.8, 4) is 5.75 Å². The van der Waals surface area contributed by atoms with E-state index in [0.29, 0.717) is 34.4 Å². The number of benzene rings is 2. The average molecular weight is 417 g/mol. The van der Waals surface area contributed by atoms with Crippen molar-refractivity contribution in [1.29, 1.82) is 0 Å². The number of carbonyl (C=O) groups excluding carboxylic acids is 1. The lowest BCUT2D eigenvalue weighted by Crippen LogP contribution is -2.24. The molecular weight excluding hydrogens is 399 g/mol. The van der Waals surface area contributed by atoms with E-state index in [1.165, 1.54) is 30.3 Å². The number of amides is 1. The highest BCUT2D eigenvalue weighted by atomic mass is 35.5. The molecule has 2 N–H and O–H groups in total. The molecule has 0 fully saturated rings. The fourth-order valence-electron chi connectivity index (χ4n) is 1.96. The number of halogens is 2. The zero-order chi connectivity index (χ0) is 19.2. The van der Waals surface area contributed by atoms with Crippen molar-refractivity contribution in [1.82, 2.24) is 4.72 Å². The lowest BCUT2D eigenvalue weighted by molar-refractivity contribution is -0.118. The monoisotopic (exact) mass is 416 g/mol. The maximum Gasteiger partial charge on any atom is 0.262 e. The Balaban J connectivity index is 1.92. The van der Waals surface area contributed by atoms with E-state index in [2.05, 4.69) is 10.0 Å². The van der Waals surface area contributed by atoms with Gasteiger partial charge < -0.3 is 10.1 Å². The molecule has 0 radical (unpaired) electrons. The molecule has 0 aliphatic carbocycles. The molecule has 6 nitrogen and oxygen atoms in total. The number of rotatable bonds is 8. The third-order valence-electron chi connectivity index (χ3n) is 3.25. The van der Waals surface area contributed by atoms with Gasteiger partial charge in [-0.3, -0.25) is 4.79 Å². The summed E-state index contributed by atoms with van der Waals surface area (Å²) >= 11 is 11.8.